The highest BCUT2D eigenvalue weighted by molar-refractivity contribution is 5.86. The van der Waals surface area contributed by atoms with E-state index in [1.54, 1.807) is 56.6 Å². The number of nitrogens with zero attached hydrogens (tertiary/aromatic N) is 1. The Bertz CT molecular complexity index is 716. The van der Waals surface area contributed by atoms with Crippen LogP contribution in [0.25, 0.3) is 0 Å². The van der Waals surface area contributed by atoms with Crippen molar-refractivity contribution in [3.63, 3.8) is 0 Å². The van der Waals surface area contributed by atoms with Crippen LogP contribution in [0.2, 0.25) is 0 Å². The second kappa shape index (κ2) is 8.53. The van der Waals surface area contributed by atoms with Crippen LogP contribution in [0.5, 0.6) is 17.4 Å². The minimum Gasteiger partial charge on any atom is -0.497 e. The molecule has 0 saturated carbocycles. The number of nitrogens with two attached hydrogens (primary N) is 1. The molecule has 0 unspecified atom stereocenters. The predicted octanol–water partition coefficient (Wildman–Crippen LogP) is 1.56. The van der Waals surface area contributed by atoms with Crippen molar-refractivity contribution in [3.8, 4) is 17.4 Å². The first-order valence-electron chi connectivity index (χ1n) is 7.58. The summed E-state index contributed by atoms with van der Waals surface area (Å²) >= 11 is 0. The van der Waals surface area contributed by atoms with Crippen LogP contribution in [-0.4, -0.2) is 30.1 Å². The third kappa shape index (κ3) is 5.69. The molecule has 3 amide bonds. The summed E-state index contributed by atoms with van der Waals surface area (Å²) in [6.45, 7) is 1.82. The van der Waals surface area contributed by atoms with Gasteiger partial charge in [0.05, 0.1) is 7.11 Å². The fourth-order valence-electron chi connectivity index (χ4n) is 1.96. The molecule has 1 aromatic heterocycles. The Morgan fingerprint density at radius 2 is 1.84 bits per heavy atom. The van der Waals surface area contributed by atoms with Crippen molar-refractivity contribution in [1.29, 1.82) is 0 Å². The summed E-state index contributed by atoms with van der Waals surface area (Å²) in [6.07, 6.45) is 1.60. The standard InChI is InChI=1S/C17H20N4O4/c1-11(21-17(18)23)16(22)20-10-12-3-8-15(19-9-12)25-14-6-4-13(24-2)5-7-14/h3-9,11H,10H2,1-2H3,(H,20,22)(H3,18,21,23)/t11-/m0/s1. The molecular formula is C17H20N4O4. The van der Waals surface area contributed by atoms with Crippen LogP contribution in [0.3, 0.4) is 0 Å². The summed E-state index contributed by atoms with van der Waals surface area (Å²) in [7, 11) is 1.60. The lowest BCUT2D eigenvalue weighted by Gasteiger charge is -2.12. The summed E-state index contributed by atoms with van der Waals surface area (Å²) in [6, 6.07) is 9.19. The second-order valence-electron chi connectivity index (χ2n) is 5.23. The number of ether oxygens (including phenoxy) is 2. The van der Waals surface area contributed by atoms with Crippen LogP contribution in [-0.2, 0) is 11.3 Å². The molecular weight excluding hydrogens is 324 g/mol. The van der Waals surface area contributed by atoms with Crippen LogP contribution in [0.4, 0.5) is 4.79 Å². The van der Waals surface area contributed by atoms with Crippen molar-refractivity contribution in [1.82, 2.24) is 15.6 Å². The molecule has 1 aromatic carbocycles. The van der Waals surface area contributed by atoms with Gasteiger partial charge in [-0.05, 0) is 36.8 Å². The number of carbonyl (C=O) groups excluding carboxylic acids is 2. The molecule has 132 valence electrons. The van der Waals surface area contributed by atoms with Crippen molar-refractivity contribution in [2.24, 2.45) is 5.73 Å². The van der Waals surface area contributed by atoms with Crippen molar-refractivity contribution < 1.29 is 19.1 Å². The molecule has 0 aliphatic rings. The fraction of sp³-hybridized carbons (Fsp3) is 0.235. The number of benzene rings is 1. The zero-order valence-electron chi connectivity index (χ0n) is 14.0. The van der Waals surface area contributed by atoms with Crippen LogP contribution >= 0.6 is 0 Å². The number of urea groups is 1. The van der Waals surface area contributed by atoms with Gasteiger partial charge < -0.3 is 25.8 Å². The van der Waals surface area contributed by atoms with E-state index in [1.165, 1.54) is 0 Å². The molecule has 2 aromatic rings. The molecule has 4 N–H and O–H groups in total. The summed E-state index contributed by atoms with van der Waals surface area (Å²) in [5.41, 5.74) is 5.77. The van der Waals surface area contributed by atoms with Gasteiger partial charge in [-0.25, -0.2) is 9.78 Å². The molecule has 8 heteroatoms. The first kappa shape index (κ1) is 18.1. The van der Waals surface area contributed by atoms with Gasteiger partial charge in [0.25, 0.3) is 0 Å². The number of amides is 3. The molecule has 0 spiro atoms. The lowest BCUT2D eigenvalue weighted by molar-refractivity contribution is -0.122. The Morgan fingerprint density at radius 3 is 2.40 bits per heavy atom. The monoisotopic (exact) mass is 344 g/mol. The Labute approximate surface area is 145 Å². The third-order valence-electron chi connectivity index (χ3n) is 3.30. The molecule has 0 saturated heterocycles. The summed E-state index contributed by atoms with van der Waals surface area (Å²) in [5.74, 6) is 1.48. The number of aromatic nitrogens is 1. The average molecular weight is 344 g/mol. The maximum Gasteiger partial charge on any atom is 0.312 e. The van der Waals surface area contributed by atoms with E-state index < -0.39 is 12.1 Å². The number of carbonyl (C=O) groups is 2. The normalized spacial score (nSPS) is 11.3. The highest BCUT2D eigenvalue weighted by Gasteiger charge is 2.13. The van der Waals surface area contributed by atoms with Gasteiger partial charge in [0.2, 0.25) is 11.8 Å². The summed E-state index contributed by atoms with van der Waals surface area (Å²) in [4.78, 5) is 26.7. The molecule has 1 heterocycles. The quantitative estimate of drug-likeness (QED) is 0.705. The lowest BCUT2D eigenvalue weighted by atomic mass is 10.2. The van der Waals surface area contributed by atoms with Crippen molar-refractivity contribution >= 4 is 11.9 Å². The number of primary amides is 1. The van der Waals surface area contributed by atoms with E-state index in [0.29, 0.717) is 11.6 Å². The summed E-state index contributed by atoms with van der Waals surface area (Å²) < 4.78 is 10.7. The van der Waals surface area contributed by atoms with E-state index in [2.05, 4.69) is 15.6 Å². The van der Waals surface area contributed by atoms with Gasteiger partial charge in [-0.2, -0.15) is 0 Å². The van der Waals surface area contributed by atoms with Crippen LogP contribution in [0.15, 0.2) is 42.6 Å². The topological polar surface area (TPSA) is 116 Å². The van der Waals surface area contributed by atoms with Crippen molar-refractivity contribution in [2.45, 2.75) is 19.5 Å². The molecule has 25 heavy (non-hydrogen) atoms. The van der Waals surface area contributed by atoms with Gasteiger partial charge in [0, 0.05) is 18.8 Å². The van der Waals surface area contributed by atoms with Gasteiger partial charge in [-0.1, -0.05) is 6.07 Å². The minimum absolute atomic E-state index is 0.277. The minimum atomic E-state index is -0.746. The zero-order chi connectivity index (χ0) is 18.2. The molecule has 0 bridgehead atoms. The maximum atomic E-state index is 11.8. The van der Waals surface area contributed by atoms with Crippen LogP contribution < -0.4 is 25.8 Å². The van der Waals surface area contributed by atoms with Crippen molar-refractivity contribution in [3.05, 3.63) is 48.2 Å². The van der Waals surface area contributed by atoms with Crippen molar-refractivity contribution in [2.75, 3.05) is 7.11 Å². The van der Waals surface area contributed by atoms with E-state index >= 15 is 0 Å². The highest BCUT2D eigenvalue weighted by Crippen LogP contribution is 2.22. The van der Waals surface area contributed by atoms with E-state index in [4.69, 9.17) is 15.2 Å². The molecule has 0 aliphatic heterocycles. The van der Waals surface area contributed by atoms with Gasteiger partial charge in [0.1, 0.15) is 17.5 Å². The Hall–Kier alpha value is -3.29. The fourth-order valence-corrected chi connectivity index (χ4v) is 1.96. The number of pyridine rings is 1. The first-order chi connectivity index (χ1) is 12.0. The van der Waals surface area contributed by atoms with E-state index in [-0.39, 0.29) is 12.5 Å². The molecule has 0 radical (unpaired) electrons. The van der Waals surface area contributed by atoms with Gasteiger partial charge in [-0.15, -0.1) is 0 Å². The molecule has 1 atom stereocenters. The second-order valence-corrected chi connectivity index (χ2v) is 5.23. The Kier molecular flexibility index (Phi) is 6.16. The number of nitrogens with one attached hydrogen (secondary N) is 2. The maximum absolute atomic E-state index is 11.8. The Morgan fingerprint density at radius 1 is 1.16 bits per heavy atom. The molecule has 2 rings (SSSR count). The highest BCUT2D eigenvalue weighted by atomic mass is 16.5. The largest absolute Gasteiger partial charge is 0.497 e. The predicted molar refractivity (Wildman–Crippen MR) is 91.3 cm³/mol. The smallest absolute Gasteiger partial charge is 0.312 e. The number of rotatable bonds is 7. The van der Waals surface area contributed by atoms with E-state index in [9.17, 15) is 9.59 Å². The Balaban J connectivity index is 1.86. The number of hydrogen-bond acceptors (Lipinski definition) is 5. The average Bonchev–Trinajstić information content (AvgIpc) is 2.61. The van der Waals surface area contributed by atoms with Gasteiger partial charge in [0.15, 0.2) is 0 Å². The first-order valence-corrected chi connectivity index (χ1v) is 7.58. The number of methoxy groups -OCH3 is 1. The molecule has 0 aliphatic carbocycles. The molecule has 0 fully saturated rings. The number of hydrogen-bond donors (Lipinski definition) is 3. The summed E-state index contributed by atoms with van der Waals surface area (Å²) in [5, 5.41) is 4.99. The van der Waals surface area contributed by atoms with Crippen LogP contribution in [0, 0.1) is 0 Å². The van der Waals surface area contributed by atoms with Crippen LogP contribution in [0.1, 0.15) is 12.5 Å². The third-order valence-corrected chi connectivity index (χ3v) is 3.30. The SMILES string of the molecule is COc1ccc(Oc2ccc(CNC(=O)[C@H](C)NC(N)=O)cn2)cc1. The van der Waals surface area contributed by atoms with Gasteiger partial charge >= 0.3 is 6.03 Å². The zero-order valence-corrected chi connectivity index (χ0v) is 14.0. The van der Waals surface area contributed by atoms with E-state index in [0.717, 1.165) is 11.3 Å². The van der Waals surface area contributed by atoms with E-state index in [1.807, 2.05) is 0 Å². The lowest BCUT2D eigenvalue weighted by Crippen LogP contribution is -2.46. The molecule has 8 nitrogen and oxygen atoms in total. The van der Waals surface area contributed by atoms with Gasteiger partial charge in [-0.3, -0.25) is 4.79 Å².